The van der Waals surface area contributed by atoms with Crippen molar-refractivity contribution in [1.82, 2.24) is 5.32 Å². The minimum Gasteiger partial charge on any atom is -0.360 e. The third-order valence-electron chi connectivity index (χ3n) is 5.74. The molecule has 170 valence electrons. The summed E-state index contributed by atoms with van der Waals surface area (Å²) in [7, 11) is 0. The van der Waals surface area contributed by atoms with Crippen LogP contribution >= 0.6 is 12.2 Å². The molecule has 0 aliphatic heterocycles. The maximum atomic E-state index is 13.2. The number of hydrogen-bond acceptors (Lipinski definition) is 1. The van der Waals surface area contributed by atoms with Gasteiger partial charge in [-0.15, -0.1) is 0 Å². The Kier molecular flexibility index (Phi) is 8.04. The summed E-state index contributed by atoms with van der Waals surface area (Å²) in [5.41, 5.74) is 3.98. The summed E-state index contributed by atoms with van der Waals surface area (Å²) in [6, 6.07) is 3.09. The Bertz CT molecular complexity index is 697. The maximum Gasteiger partial charge on any atom is 0.391 e. The van der Waals surface area contributed by atoms with Gasteiger partial charge in [-0.3, -0.25) is 0 Å². The molecule has 9 heteroatoms. The predicted octanol–water partition coefficient (Wildman–Crippen LogP) is 6.57. The Morgan fingerprint density at radius 2 is 1.33 bits per heavy atom. The van der Waals surface area contributed by atoms with Gasteiger partial charge in [-0.2, -0.15) is 26.3 Å². The third-order valence-corrected chi connectivity index (χ3v) is 5.96. The second-order valence-corrected chi connectivity index (χ2v) is 8.24. The summed E-state index contributed by atoms with van der Waals surface area (Å²) < 4.78 is 79.1. The second kappa shape index (κ2) is 9.75. The summed E-state index contributed by atoms with van der Waals surface area (Å²) in [6.45, 7) is 6.02. The standard InChI is InChI=1S/C21H28F6N2S/c1-4-12-7-13(5-2)18(14(6-3)8-12)29-19(30)28-17-10-15(20(22,23)24)9-16(11-17)21(25,26)27/h7-8,15-17H,4-6,9-11H2,1-3H3,(H2,28,29,30). The fourth-order valence-corrected chi connectivity index (χ4v) is 4.34. The molecule has 1 fully saturated rings. The molecule has 2 unspecified atom stereocenters. The zero-order valence-corrected chi connectivity index (χ0v) is 18.1. The lowest BCUT2D eigenvalue weighted by molar-refractivity contribution is -0.224. The molecule has 2 N–H and O–H groups in total. The molecule has 0 bridgehead atoms. The lowest BCUT2D eigenvalue weighted by Crippen LogP contribution is -2.48. The zero-order valence-electron chi connectivity index (χ0n) is 17.3. The summed E-state index contributed by atoms with van der Waals surface area (Å²) in [5, 5.41) is 5.82. The van der Waals surface area contributed by atoms with Crippen LogP contribution in [0.5, 0.6) is 0 Å². The van der Waals surface area contributed by atoms with E-state index < -0.39 is 49.5 Å². The van der Waals surface area contributed by atoms with E-state index in [0.717, 1.165) is 36.1 Å². The zero-order chi connectivity index (χ0) is 22.7. The minimum atomic E-state index is -4.67. The summed E-state index contributed by atoms with van der Waals surface area (Å²) in [4.78, 5) is 0. The van der Waals surface area contributed by atoms with E-state index in [-0.39, 0.29) is 5.11 Å². The lowest BCUT2D eigenvalue weighted by atomic mass is 9.78. The predicted molar refractivity (Wildman–Crippen MR) is 111 cm³/mol. The van der Waals surface area contributed by atoms with Crippen LogP contribution in [-0.2, 0) is 19.3 Å². The molecule has 0 radical (unpaired) electrons. The largest absolute Gasteiger partial charge is 0.391 e. The fraction of sp³-hybridized carbons (Fsp3) is 0.667. The van der Waals surface area contributed by atoms with Crippen molar-refractivity contribution in [3.05, 3.63) is 28.8 Å². The van der Waals surface area contributed by atoms with Gasteiger partial charge >= 0.3 is 12.4 Å². The smallest absolute Gasteiger partial charge is 0.360 e. The number of thiocarbonyl (C=S) groups is 1. The average molecular weight is 455 g/mol. The summed E-state index contributed by atoms with van der Waals surface area (Å²) >= 11 is 5.27. The molecule has 1 aromatic carbocycles. The van der Waals surface area contributed by atoms with Crippen molar-refractivity contribution in [2.45, 2.75) is 77.7 Å². The van der Waals surface area contributed by atoms with E-state index in [0.29, 0.717) is 0 Å². The molecule has 2 nitrogen and oxygen atoms in total. The number of nitrogens with one attached hydrogen (secondary N) is 2. The number of hydrogen-bond donors (Lipinski definition) is 2. The summed E-state index contributed by atoms with van der Waals surface area (Å²) in [6.07, 6.45) is -8.79. The van der Waals surface area contributed by atoms with Gasteiger partial charge in [-0.05, 0) is 67.4 Å². The highest BCUT2D eigenvalue weighted by atomic mass is 32.1. The highest BCUT2D eigenvalue weighted by molar-refractivity contribution is 7.80. The minimum absolute atomic E-state index is 0.0531. The molecule has 2 rings (SSSR count). The van der Waals surface area contributed by atoms with Crippen LogP contribution in [0.25, 0.3) is 0 Å². The van der Waals surface area contributed by atoms with Crippen molar-refractivity contribution < 1.29 is 26.3 Å². The van der Waals surface area contributed by atoms with Crippen molar-refractivity contribution in [3.8, 4) is 0 Å². The third kappa shape index (κ3) is 6.25. The van der Waals surface area contributed by atoms with Gasteiger partial charge in [0.05, 0.1) is 11.8 Å². The van der Waals surface area contributed by atoms with Crippen molar-refractivity contribution in [2.24, 2.45) is 11.8 Å². The first-order valence-electron chi connectivity index (χ1n) is 10.2. The van der Waals surface area contributed by atoms with Crippen LogP contribution in [0, 0.1) is 11.8 Å². The Hall–Kier alpha value is -1.51. The van der Waals surface area contributed by atoms with Crippen LogP contribution in [0.4, 0.5) is 32.0 Å². The fourth-order valence-electron chi connectivity index (χ4n) is 4.07. The van der Waals surface area contributed by atoms with Gasteiger partial charge in [0.1, 0.15) is 0 Å². The first-order chi connectivity index (χ1) is 13.9. The van der Waals surface area contributed by atoms with Gasteiger partial charge in [-0.25, -0.2) is 0 Å². The molecule has 0 amide bonds. The van der Waals surface area contributed by atoms with Crippen molar-refractivity contribution in [2.75, 3.05) is 5.32 Å². The van der Waals surface area contributed by atoms with Crippen LogP contribution in [0.15, 0.2) is 12.1 Å². The van der Waals surface area contributed by atoms with E-state index in [1.54, 1.807) is 0 Å². The van der Waals surface area contributed by atoms with E-state index in [9.17, 15) is 26.3 Å². The quantitative estimate of drug-likeness (QED) is 0.389. The number of halogens is 6. The van der Waals surface area contributed by atoms with Crippen LogP contribution in [-0.4, -0.2) is 23.5 Å². The first-order valence-corrected chi connectivity index (χ1v) is 10.6. The molecule has 1 aliphatic carbocycles. The molecule has 0 aromatic heterocycles. The van der Waals surface area contributed by atoms with Crippen LogP contribution in [0.1, 0.15) is 56.7 Å². The van der Waals surface area contributed by atoms with Crippen molar-refractivity contribution in [1.29, 1.82) is 0 Å². The van der Waals surface area contributed by atoms with Crippen molar-refractivity contribution in [3.63, 3.8) is 0 Å². The van der Waals surface area contributed by atoms with E-state index in [2.05, 4.69) is 10.6 Å². The molecule has 1 saturated carbocycles. The highest BCUT2D eigenvalue weighted by Crippen LogP contribution is 2.45. The van der Waals surface area contributed by atoms with Crippen molar-refractivity contribution >= 4 is 23.0 Å². The number of benzene rings is 1. The Balaban J connectivity index is 2.18. The number of alkyl halides is 6. The van der Waals surface area contributed by atoms with E-state index in [4.69, 9.17) is 12.2 Å². The molecule has 1 aromatic rings. The van der Waals surface area contributed by atoms with Gasteiger partial charge in [-0.1, -0.05) is 32.9 Å². The molecule has 2 atom stereocenters. The van der Waals surface area contributed by atoms with Crippen LogP contribution in [0.2, 0.25) is 0 Å². The second-order valence-electron chi connectivity index (χ2n) is 7.83. The van der Waals surface area contributed by atoms with E-state index in [1.807, 2.05) is 32.9 Å². The Morgan fingerprint density at radius 1 is 0.867 bits per heavy atom. The van der Waals surface area contributed by atoms with E-state index in [1.165, 1.54) is 5.56 Å². The molecule has 1 aliphatic rings. The van der Waals surface area contributed by atoms with Gasteiger partial charge in [0.25, 0.3) is 0 Å². The molecule has 0 saturated heterocycles. The normalized spacial score (nSPS) is 22.6. The average Bonchev–Trinajstić information content (AvgIpc) is 2.66. The monoisotopic (exact) mass is 454 g/mol. The molecule has 0 spiro atoms. The molecular formula is C21H28F6N2S. The Morgan fingerprint density at radius 3 is 1.70 bits per heavy atom. The molecule has 30 heavy (non-hydrogen) atoms. The van der Waals surface area contributed by atoms with Gasteiger partial charge in [0.2, 0.25) is 0 Å². The highest BCUT2D eigenvalue weighted by Gasteiger charge is 2.51. The van der Waals surface area contributed by atoms with Gasteiger partial charge < -0.3 is 10.6 Å². The topological polar surface area (TPSA) is 24.1 Å². The molecular weight excluding hydrogens is 426 g/mol. The molecule has 0 heterocycles. The van der Waals surface area contributed by atoms with Crippen LogP contribution < -0.4 is 10.6 Å². The number of aryl methyl sites for hydroxylation is 3. The maximum absolute atomic E-state index is 13.2. The Labute approximate surface area is 178 Å². The summed E-state index contributed by atoms with van der Waals surface area (Å²) in [5.74, 6) is -4.00. The van der Waals surface area contributed by atoms with Crippen LogP contribution in [0.3, 0.4) is 0 Å². The van der Waals surface area contributed by atoms with Gasteiger partial charge in [0.15, 0.2) is 5.11 Å². The number of rotatable bonds is 5. The van der Waals surface area contributed by atoms with Gasteiger partial charge in [0, 0.05) is 11.7 Å². The van der Waals surface area contributed by atoms with E-state index >= 15 is 0 Å². The first kappa shape index (κ1) is 24.8. The SMILES string of the molecule is CCc1cc(CC)c(NC(=S)NC2CC(C(F)(F)F)CC(C(F)(F)F)C2)c(CC)c1. The number of anilines is 1. The lowest BCUT2D eigenvalue weighted by Gasteiger charge is -2.37.